The maximum atomic E-state index is 13.5. The third-order valence-corrected chi connectivity index (χ3v) is 2.59. The van der Waals surface area contributed by atoms with Gasteiger partial charge in [0.05, 0.1) is 13.2 Å². The van der Waals surface area contributed by atoms with Gasteiger partial charge < -0.3 is 14.6 Å². The summed E-state index contributed by atoms with van der Waals surface area (Å²) in [5.41, 5.74) is 0.546. The summed E-state index contributed by atoms with van der Waals surface area (Å²) in [6.45, 7) is 1.11. The molecule has 0 aromatic heterocycles. The molecule has 3 nitrogen and oxygen atoms in total. The van der Waals surface area contributed by atoms with Gasteiger partial charge in [0.15, 0.2) is 11.6 Å². The molecule has 1 fully saturated rings. The highest BCUT2D eigenvalue weighted by Crippen LogP contribution is 2.22. The summed E-state index contributed by atoms with van der Waals surface area (Å²) in [6, 6.07) is 4.50. The summed E-state index contributed by atoms with van der Waals surface area (Å²) in [5, 5.41) is 8.85. The van der Waals surface area contributed by atoms with Crippen LogP contribution in [0.15, 0.2) is 18.2 Å². The van der Waals surface area contributed by atoms with Crippen LogP contribution in [-0.4, -0.2) is 24.4 Å². The van der Waals surface area contributed by atoms with Crippen molar-refractivity contribution in [3.05, 3.63) is 29.6 Å². The van der Waals surface area contributed by atoms with E-state index in [4.69, 9.17) is 14.6 Å². The average molecular weight is 226 g/mol. The van der Waals surface area contributed by atoms with E-state index in [0.29, 0.717) is 12.2 Å². The maximum Gasteiger partial charge on any atom is 0.165 e. The van der Waals surface area contributed by atoms with Crippen LogP contribution in [0.3, 0.4) is 0 Å². The van der Waals surface area contributed by atoms with Gasteiger partial charge in [-0.25, -0.2) is 4.39 Å². The summed E-state index contributed by atoms with van der Waals surface area (Å²) in [4.78, 5) is 0. The van der Waals surface area contributed by atoms with Crippen LogP contribution in [0.4, 0.5) is 4.39 Å². The number of hydrogen-bond donors (Lipinski definition) is 1. The van der Waals surface area contributed by atoms with Crippen LogP contribution >= 0.6 is 0 Å². The van der Waals surface area contributed by atoms with Crippen molar-refractivity contribution in [2.45, 2.75) is 25.6 Å². The molecule has 1 aromatic rings. The fourth-order valence-electron chi connectivity index (χ4n) is 1.72. The van der Waals surface area contributed by atoms with E-state index in [9.17, 15) is 4.39 Å². The van der Waals surface area contributed by atoms with E-state index in [2.05, 4.69) is 0 Å². The van der Waals surface area contributed by atoms with E-state index in [1.54, 1.807) is 12.1 Å². The van der Waals surface area contributed by atoms with Crippen molar-refractivity contribution < 1.29 is 19.0 Å². The van der Waals surface area contributed by atoms with E-state index >= 15 is 0 Å². The monoisotopic (exact) mass is 226 g/mol. The first-order chi connectivity index (χ1) is 7.79. The minimum absolute atomic E-state index is 0.0665. The first-order valence-electron chi connectivity index (χ1n) is 5.43. The van der Waals surface area contributed by atoms with E-state index in [1.807, 2.05) is 0 Å². The third-order valence-electron chi connectivity index (χ3n) is 2.59. The van der Waals surface area contributed by atoms with Gasteiger partial charge in [0.2, 0.25) is 0 Å². The molecule has 0 spiro atoms. The molecule has 0 radical (unpaired) electrons. The topological polar surface area (TPSA) is 38.7 Å². The largest absolute Gasteiger partial charge is 0.485 e. The minimum atomic E-state index is -0.433. The summed E-state index contributed by atoms with van der Waals surface area (Å²) >= 11 is 0. The van der Waals surface area contributed by atoms with Crippen LogP contribution in [-0.2, 0) is 11.3 Å². The molecule has 1 heterocycles. The average Bonchev–Trinajstić information content (AvgIpc) is 2.33. The maximum absolute atomic E-state index is 13.5. The predicted octanol–water partition coefficient (Wildman–Crippen LogP) is 1.88. The minimum Gasteiger partial charge on any atom is -0.485 e. The molecule has 1 N–H and O–H groups in total. The zero-order chi connectivity index (χ0) is 11.4. The molecular formula is C12H15FO3. The quantitative estimate of drug-likeness (QED) is 0.855. The Balaban J connectivity index is 2.03. The number of aliphatic hydroxyl groups excluding tert-OH is 1. The molecule has 2 rings (SSSR count). The summed E-state index contributed by atoms with van der Waals surface area (Å²) in [7, 11) is 0. The molecule has 1 atom stereocenters. The summed E-state index contributed by atoms with van der Waals surface area (Å²) in [6.07, 6.45) is 1.77. The fourth-order valence-corrected chi connectivity index (χ4v) is 1.72. The first kappa shape index (κ1) is 11.4. The molecule has 4 heteroatoms. The highest BCUT2D eigenvalue weighted by atomic mass is 19.1. The van der Waals surface area contributed by atoms with Crippen molar-refractivity contribution >= 4 is 0 Å². The van der Waals surface area contributed by atoms with Gasteiger partial charge in [0.25, 0.3) is 0 Å². The van der Waals surface area contributed by atoms with Crippen molar-refractivity contribution in [2.24, 2.45) is 0 Å². The first-order valence-corrected chi connectivity index (χ1v) is 5.43. The van der Waals surface area contributed by atoms with E-state index in [1.165, 1.54) is 6.07 Å². The Morgan fingerprint density at radius 1 is 1.50 bits per heavy atom. The summed E-state index contributed by atoms with van der Waals surface area (Å²) in [5.74, 6) is -0.204. The van der Waals surface area contributed by atoms with Crippen LogP contribution in [0.2, 0.25) is 0 Å². The fraction of sp³-hybridized carbons (Fsp3) is 0.500. The number of halogens is 1. The highest BCUT2D eigenvalue weighted by molar-refractivity contribution is 5.29. The number of benzene rings is 1. The standard InChI is InChI=1S/C12H15FO3/c13-11-6-9(7-14)3-4-12(11)16-10-2-1-5-15-8-10/h3-4,6,10,14H,1-2,5,7-8H2. The Kier molecular flexibility index (Phi) is 3.74. The molecule has 1 aromatic carbocycles. The van der Waals surface area contributed by atoms with Crippen molar-refractivity contribution in [3.63, 3.8) is 0 Å². The number of hydrogen-bond acceptors (Lipinski definition) is 3. The van der Waals surface area contributed by atoms with Gasteiger partial charge in [0.1, 0.15) is 6.10 Å². The second kappa shape index (κ2) is 5.27. The van der Waals surface area contributed by atoms with E-state index in [-0.39, 0.29) is 18.5 Å². The van der Waals surface area contributed by atoms with E-state index in [0.717, 1.165) is 19.4 Å². The molecule has 1 unspecified atom stereocenters. The number of rotatable bonds is 3. The van der Waals surface area contributed by atoms with Gasteiger partial charge >= 0.3 is 0 Å². The zero-order valence-electron chi connectivity index (χ0n) is 8.99. The van der Waals surface area contributed by atoms with Crippen molar-refractivity contribution in [1.29, 1.82) is 0 Å². The SMILES string of the molecule is OCc1ccc(OC2CCCOC2)c(F)c1. The van der Waals surface area contributed by atoms with Gasteiger partial charge in [-0.15, -0.1) is 0 Å². The Labute approximate surface area is 93.8 Å². The Morgan fingerprint density at radius 3 is 3.00 bits per heavy atom. The van der Waals surface area contributed by atoms with Gasteiger partial charge in [-0.05, 0) is 30.5 Å². The van der Waals surface area contributed by atoms with Crippen LogP contribution in [0.25, 0.3) is 0 Å². The lowest BCUT2D eigenvalue weighted by molar-refractivity contribution is 0.00585. The molecule has 0 amide bonds. The van der Waals surface area contributed by atoms with Crippen molar-refractivity contribution in [2.75, 3.05) is 13.2 Å². The molecule has 1 saturated heterocycles. The Hall–Kier alpha value is -1.13. The van der Waals surface area contributed by atoms with Gasteiger partial charge in [-0.1, -0.05) is 6.07 Å². The third kappa shape index (κ3) is 2.71. The molecule has 1 aliphatic rings. The Bertz CT molecular complexity index is 348. The lowest BCUT2D eigenvalue weighted by Gasteiger charge is -2.23. The van der Waals surface area contributed by atoms with Crippen LogP contribution in [0, 0.1) is 5.82 Å². The van der Waals surface area contributed by atoms with Crippen molar-refractivity contribution in [3.8, 4) is 5.75 Å². The van der Waals surface area contributed by atoms with Gasteiger partial charge in [-0.3, -0.25) is 0 Å². The molecule has 88 valence electrons. The second-order valence-corrected chi connectivity index (χ2v) is 3.88. The van der Waals surface area contributed by atoms with Crippen LogP contribution in [0.5, 0.6) is 5.75 Å². The zero-order valence-corrected chi connectivity index (χ0v) is 8.99. The summed E-state index contributed by atoms with van der Waals surface area (Å²) < 4.78 is 24.3. The molecule has 0 aliphatic carbocycles. The molecule has 1 aliphatic heterocycles. The van der Waals surface area contributed by atoms with Gasteiger partial charge in [0, 0.05) is 6.61 Å². The van der Waals surface area contributed by atoms with Gasteiger partial charge in [-0.2, -0.15) is 0 Å². The lowest BCUT2D eigenvalue weighted by atomic mass is 10.1. The predicted molar refractivity (Wildman–Crippen MR) is 56.8 cm³/mol. The van der Waals surface area contributed by atoms with Crippen LogP contribution < -0.4 is 4.74 Å². The van der Waals surface area contributed by atoms with Crippen LogP contribution in [0.1, 0.15) is 18.4 Å². The molecule has 16 heavy (non-hydrogen) atoms. The smallest absolute Gasteiger partial charge is 0.165 e. The molecule has 0 bridgehead atoms. The Morgan fingerprint density at radius 2 is 2.38 bits per heavy atom. The molecule has 0 saturated carbocycles. The molecular weight excluding hydrogens is 211 g/mol. The number of aliphatic hydroxyl groups is 1. The normalized spacial score (nSPS) is 20.8. The number of ether oxygens (including phenoxy) is 2. The van der Waals surface area contributed by atoms with Crippen molar-refractivity contribution in [1.82, 2.24) is 0 Å². The highest BCUT2D eigenvalue weighted by Gasteiger charge is 2.17. The lowest BCUT2D eigenvalue weighted by Crippen LogP contribution is -2.28. The second-order valence-electron chi connectivity index (χ2n) is 3.88. The van der Waals surface area contributed by atoms with E-state index < -0.39 is 5.82 Å².